The molecule has 1 aromatic carbocycles. The van der Waals surface area contributed by atoms with Crippen molar-refractivity contribution in [1.82, 2.24) is 9.97 Å². The summed E-state index contributed by atoms with van der Waals surface area (Å²) in [5, 5.41) is 9.46. The Morgan fingerprint density at radius 1 is 1.00 bits per heavy atom. The fraction of sp³-hybridized carbons (Fsp3) is 0.515. The van der Waals surface area contributed by atoms with Crippen molar-refractivity contribution >= 4 is 11.6 Å². The predicted molar refractivity (Wildman–Crippen MR) is 153 cm³/mol. The number of ether oxygens (including phenoxy) is 1. The Labute approximate surface area is 236 Å². The normalized spacial score (nSPS) is 21.5. The van der Waals surface area contributed by atoms with Crippen molar-refractivity contribution in [2.45, 2.75) is 82.5 Å². The highest BCUT2D eigenvalue weighted by atomic mass is 16.5. The first-order valence-electron chi connectivity index (χ1n) is 14.9. The third-order valence-corrected chi connectivity index (χ3v) is 9.03. The molecule has 2 heterocycles. The number of carbonyl (C=O) groups excluding carboxylic acids is 1. The van der Waals surface area contributed by atoms with E-state index in [4.69, 9.17) is 14.1 Å². The van der Waals surface area contributed by atoms with E-state index >= 15 is 0 Å². The minimum atomic E-state index is 0.107. The second kappa shape index (κ2) is 11.8. The van der Waals surface area contributed by atoms with Gasteiger partial charge >= 0.3 is 0 Å². The molecular weight excluding hydrogens is 500 g/mol. The highest BCUT2D eigenvalue weighted by Gasteiger charge is 2.32. The van der Waals surface area contributed by atoms with Crippen LogP contribution in [0.25, 0.3) is 11.3 Å². The first-order valence-corrected chi connectivity index (χ1v) is 14.9. The summed E-state index contributed by atoms with van der Waals surface area (Å²) in [5.41, 5.74) is 4.12. The third kappa shape index (κ3) is 5.77. The molecule has 3 saturated carbocycles. The third-order valence-electron chi connectivity index (χ3n) is 9.03. The van der Waals surface area contributed by atoms with E-state index in [-0.39, 0.29) is 11.8 Å². The van der Waals surface area contributed by atoms with Gasteiger partial charge in [-0.05, 0) is 81.5 Å². The van der Waals surface area contributed by atoms with E-state index in [1.807, 2.05) is 18.2 Å². The number of methoxy groups -OCH3 is 1. The van der Waals surface area contributed by atoms with Crippen LogP contribution in [0, 0.1) is 23.2 Å². The fourth-order valence-electron chi connectivity index (χ4n) is 6.50. The summed E-state index contributed by atoms with van der Waals surface area (Å²) in [6, 6.07) is 14.3. The molecule has 3 aliphatic carbocycles. The zero-order valence-corrected chi connectivity index (χ0v) is 23.3. The Bertz CT molecular complexity index is 1370. The summed E-state index contributed by atoms with van der Waals surface area (Å²) in [5.74, 6) is 2.95. The molecule has 1 amide bonds. The van der Waals surface area contributed by atoms with Gasteiger partial charge in [0.25, 0.3) is 0 Å². The number of benzene rings is 1. The fourth-order valence-corrected chi connectivity index (χ4v) is 6.50. The number of aromatic nitrogens is 2. The topological polar surface area (TPSA) is 92.2 Å². The Kier molecular flexibility index (Phi) is 7.86. The number of pyridine rings is 1. The average Bonchev–Trinajstić information content (AvgIpc) is 3.75. The minimum Gasteiger partial charge on any atom is -0.494 e. The molecule has 0 saturated heterocycles. The average molecular weight is 539 g/mol. The smallest absolute Gasteiger partial charge is 0.230 e. The van der Waals surface area contributed by atoms with Crippen molar-refractivity contribution in [2.24, 2.45) is 11.8 Å². The van der Waals surface area contributed by atoms with Gasteiger partial charge < -0.3 is 14.1 Å². The van der Waals surface area contributed by atoms with E-state index in [2.05, 4.69) is 34.2 Å². The van der Waals surface area contributed by atoms with E-state index in [1.165, 1.54) is 6.42 Å². The predicted octanol–water partition coefficient (Wildman–Crippen LogP) is 7.38. The first kappa shape index (κ1) is 26.6. The Balaban J connectivity index is 1.19. The number of oxazole rings is 1. The molecule has 2 aromatic heterocycles. The van der Waals surface area contributed by atoms with Crippen molar-refractivity contribution < 1.29 is 13.9 Å². The summed E-state index contributed by atoms with van der Waals surface area (Å²) in [6.07, 6.45) is 13.6. The van der Waals surface area contributed by atoms with Gasteiger partial charge in [-0.3, -0.25) is 4.79 Å². The van der Waals surface area contributed by atoms with Crippen LogP contribution in [0.15, 0.2) is 47.1 Å². The SMILES string of the molecule is COc1ccc(C2CCC(CN(C(=O)C3CCCCC3)c3cccc(-c4coc(C5CC5)n4)c3)CC2)nc1C#N. The van der Waals surface area contributed by atoms with Gasteiger partial charge in [0.05, 0.1) is 7.11 Å². The van der Waals surface area contributed by atoms with E-state index in [0.717, 1.165) is 99.3 Å². The van der Waals surface area contributed by atoms with Crippen LogP contribution in [0.4, 0.5) is 5.69 Å². The number of nitrogens with zero attached hydrogens (tertiary/aromatic N) is 4. The maximum absolute atomic E-state index is 14.0. The number of hydrogen-bond donors (Lipinski definition) is 0. The molecule has 7 nitrogen and oxygen atoms in total. The highest BCUT2D eigenvalue weighted by molar-refractivity contribution is 5.95. The minimum absolute atomic E-state index is 0.107. The maximum Gasteiger partial charge on any atom is 0.230 e. The summed E-state index contributed by atoms with van der Waals surface area (Å²) in [7, 11) is 1.57. The van der Waals surface area contributed by atoms with Gasteiger partial charge in [0.15, 0.2) is 17.3 Å². The molecule has 3 aliphatic rings. The molecule has 0 aliphatic heterocycles. The van der Waals surface area contributed by atoms with E-state index in [9.17, 15) is 10.1 Å². The van der Waals surface area contributed by atoms with Gasteiger partial charge in [-0.2, -0.15) is 5.26 Å². The zero-order valence-electron chi connectivity index (χ0n) is 23.3. The van der Waals surface area contributed by atoms with Crippen LogP contribution in [-0.4, -0.2) is 29.5 Å². The molecule has 0 radical (unpaired) electrons. The van der Waals surface area contributed by atoms with Crippen LogP contribution < -0.4 is 9.64 Å². The van der Waals surface area contributed by atoms with Crippen molar-refractivity contribution in [1.29, 1.82) is 5.26 Å². The second-order valence-corrected chi connectivity index (χ2v) is 11.8. The van der Waals surface area contributed by atoms with Crippen LogP contribution >= 0.6 is 0 Å². The lowest BCUT2D eigenvalue weighted by atomic mass is 9.79. The van der Waals surface area contributed by atoms with Gasteiger partial charge in [0.1, 0.15) is 18.0 Å². The Morgan fingerprint density at radius 2 is 1.77 bits per heavy atom. The van der Waals surface area contributed by atoms with Gasteiger partial charge in [0, 0.05) is 41.2 Å². The number of rotatable bonds is 8. The second-order valence-electron chi connectivity index (χ2n) is 11.8. The van der Waals surface area contributed by atoms with Gasteiger partial charge in [-0.25, -0.2) is 9.97 Å². The van der Waals surface area contributed by atoms with Crippen molar-refractivity contribution in [3.63, 3.8) is 0 Å². The number of hydrogen-bond acceptors (Lipinski definition) is 6. The summed E-state index contributed by atoms with van der Waals surface area (Å²) < 4.78 is 11.0. The Morgan fingerprint density at radius 3 is 2.50 bits per heavy atom. The molecule has 7 heteroatoms. The van der Waals surface area contributed by atoms with E-state index < -0.39 is 0 Å². The van der Waals surface area contributed by atoms with Gasteiger partial charge in [0.2, 0.25) is 5.91 Å². The van der Waals surface area contributed by atoms with Crippen molar-refractivity contribution in [3.05, 3.63) is 59.9 Å². The van der Waals surface area contributed by atoms with Gasteiger partial charge in [-0.15, -0.1) is 0 Å². The molecule has 6 rings (SSSR count). The lowest BCUT2D eigenvalue weighted by Gasteiger charge is -2.35. The molecule has 0 N–H and O–H groups in total. The van der Waals surface area contributed by atoms with Gasteiger partial charge in [-0.1, -0.05) is 31.4 Å². The molecule has 3 aromatic rings. The van der Waals surface area contributed by atoms with Crippen LogP contribution in [0.2, 0.25) is 0 Å². The summed E-state index contributed by atoms with van der Waals surface area (Å²) in [4.78, 5) is 25.4. The van der Waals surface area contributed by atoms with Crippen molar-refractivity contribution in [2.75, 3.05) is 18.6 Å². The van der Waals surface area contributed by atoms with Crippen LogP contribution in [0.3, 0.4) is 0 Å². The molecule has 208 valence electrons. The number of nitriles is 1. The first-order chi connectivity index (χ1) is 19.6. The monoisotopic (exact) mass is 538 g/mol. The highest BCUT2D eigenvalue weighted by Crippen LogP contribution is 2.41. The van der Waals surface area contributed by atoms with E-state index in [0.29, 0.717) is 29.2 Å². The molecule has 0 unspecified atom stereocenters. The summed E-state index contributed by atoms with van der Waals surface area (Å²) >= 11 is 0. The molecule has 0 bridgehead atoms. The largest absolute Gasteiger partial charge is 0.494 e. The molecule has 0 spiro atoms. The lowest BCUT2D eigenvalue weighted by molar-refractivity contribution is -0.123. The van der Waals surface area contributed by atoms with Crippen molar-refractivity contribution in [3.8, 4) is 23.1 Å². The Hall–Kier alpha value is -3.66. The zero-order chi connectivity index (χ0) is 27.5. The molecule has 3 fully saturated rings. The van der Waals surface area contributed by atoms with Crippen LogP contribution in [0.1, 0.15) is 99.7 Å². The molecular formula is C33H38N4O3. The number of amides is 1. The standard InChI is InChI=1S/C33H38N4O3/c1-39-31-17-16-28(35-29(31)19-34)23-12-10-22(11-13-23)20-37(33(38)25-6-3-2-4-7-25)27-9-5-8-26(18-27)30-21-40-32(36-30)24-14-15-24/h5,8-9,16-18,21-25H,2-4,6-7,10-15,20H2,1H3. The number of carbonyl (C=O) groups is 1. The van der Waals surface area contributed by atoms with Crippen LogP contribution in [0.5, 0.6) is 5.75 Å². The summed E-state index contributed by atoms with van der Waals surface area (Å²) in [6.45, 7) is 0.733. The molecule has 0 atom stereocenters. The quantitative estimate of drug-likeness (QED) is 0.297. The van der Waals surface area contributed by atoms with Crippen LogP contribution in [-0.2, 0) is 4.79 Å². The van der Waals surface area contributed by atoms with E-state index in [1.54, 1.807) is 13.4 Å². The lowest BCUT2D eigenvalue weighted by Crippen LogP contribution is -2.41. The number of anilines is 1. The molecule has 40 heavy (non-hydrogen) atoms. The maximum atomic E-state index is 14.0.